The largest absolute Gasteiger partial charge is 0.463 e. The number of rotatable bonds is 3. The molecule has 2 nitrogen and oxygen atoms in total. The summed E-state index contributed by atoms with van der Waals surface area (Å²) in [6, 6.07) is 7.39. The van der Waals surface area contributed by atoms with Crippen LogP contribution in [0.5, 0.6) is 0 Å². The summed E-state index contributed by atoms with van der Waals surface area (Å²) in [4.78, 5) is 8.84. The highest BCUT2D eigenvalue weighted by atomic mass is 31.2. The van der Waals surface area contributed by atoms with Crippen molar-refractivity contribution in [2.75, 3.05) is 0 Å². The normalized spacial score (nSPS) is 16.8. The van der Waals surface area contributed by atoms with Crippen LogP contribution in [0, 0.1) is 0 Å². The van der Waals surface area contributed by atoms with Crippen LogP contribution in [-0.2, 0) is 4.57 Å². The summed E-state index contributed by atoms with van der Waals surface area (Å²) >= 11 is 0. The minimum Gasteiger partial charge on any atom is -0.337 e. The predicted molar refractivity (Wildman–Crippen MR) is 56.3 cm³/mol. The molecule has 0 aliphatic rings. The molecule has 100 valence electrons. The first-order valence-corrected chi connectivity index (χ1v) is 6.32. The lowest BCUT2D eigenvalue weighted by Crippen LogP contribution is -2.35. The fourth-order valence-corrected chi connectivity index (χ4v) is 1.95. The maximum Gasteiger partial charge on any atom is 0.463 e. The van der Waals surface area contributed by atoms with Gasteiger partial charge in [0.1, 0.15) is 0 Å². The van der Waals surface area contributed by atoms with Gasteiger partial charge in [0, 0.05) is 5.82 Å². The number of alkyl halides is 5. The first-order valence-electron chi connectivity index (χ1n) is 4.59. The molecule has 0 radical (unpaired) electrons. The Morgan fingerprint density at radius 1 is 1.06 bits per heavy atom. The predicted octanol–water partition coefficient (Wildman–Crippen LogP) is 4.08. The van der Waals surface area contributed by atoms with Gasteiger partial charge >= 0.3 is 11.8 Å². The van der Waals surface area contributed by atoms with Crippen molar-refractivity contribution in [2.45, 2.75) is 11.8 Å². The van der Waals surface area contributed by atoms with E-state index in [4.69, 9.17) is 4.89 Å². The molecule has 1 unspecified atom stereocenters. The summed E-state index contributed by atoms with van der Waals surface area (Å²) < 4.78 is 72.3. The van der Waals surface area contributed by atoms with Crippen LogP contribution in [-0.4, -0.2) is 16.7 Å². The van der Waals surface area contributed by atoms with Gasteiger partial charge in [0.2, 0.25) is 0 Å². The van der Waals surface area contributed by atoms with Gasteiger partial charge in [-0.3, -0.25) is 4.57 Å². The topological polar surface area (TPSA) is 37.3 Å². The zero-order valence-electron chi connectivity index (χ0n) is 8.73. The monoisotopic (exact) mass is 286 g/mol. The molecule has 1 rings (SSSR count). The van der Waals surface area contributed by atoms with Crippen LogP contribution in [0.1, 0.15) is 5.56 Å². The molecule has 8 heteroatoms. The second-order valence-corrected chi connectivity index (χ2v) is 5.49. The van der Waals surface area contributed by atoms with Crippen molar-refractivity contribution in [2.24, 2.45) is 0 Å². The Morgan fingerprint density at radius 2 is 1.56 bits per heavy atom. The van der Waals surface area contributed by atoms with Crippen molar-refractivity contribution < 1.29 is 31.4 Å². The smallest absolute Gasteiger partial charge is 0.337 e. The molecule has 0 heterocycles. The second-order valence-electron chi connectivity index (χ2n) is 3.39. The van der Waals surface area contributed by atoms with Crippen LogP contribution in [0.2, 0.25) is 0 Å². The summed E-state index contributed by atoms with van der Waals surface area (Å²) in [5, 5.41) is 0. The molecule has 0 aliphatic heterocycles. The third kappa shape index (κ3) is 2.97. The minimum absolute atomic E-state index is 0.00414. The molecule has 18 heavy (non-hydrogen) atoms. The van der Waals surface area contributed by atoms with Gasteiger partial charge in [0.05, 0.1) is 0 Å². The van der Waals surface area contributed by atoms with E-state index in [2.05, 4.69) is 0 Å². The number of hydrogen-bond acceptors (Lipinski definition) is 1. The number of benzene rings is 1. The highest BCUT2D eigenvalue weighted by molar-refractivity contribution is 7.62. The average Bonchev–Trinajstić information content (AvgIpc) is 2.26. The maximum atomic E-state index is 12.7. The van der Waals surface area contributed by atoms with E-state index >= 15 is 0 Å². The van der Waals surface area contributed by atoms with E-state index in [-0.39, 0.29) is 11.4 Å². The van der Waals surface area contributed by atoms with Crippen LogP contribution in [0.25, 0.3) is 6.08 Å². The third-order valence-electron chi connectivity index (χ3n) is 2.01. The van der Waals surface area contributed by atoms with Gasteiger partial charge in [-0.2, -0.15) is 22.0 Å². The SMILES string of the molecule is O=P(O)(C=Cc1ccccc1)C(F)(F)C(F)(F)F. The Morgan fingerprint density at radius 3 is 2.00 bits per heavy atom. The third-order valence-corrected chi connectivity index (χ3v) is 3.62. The lowest BCUT2D eigenvalue weighted by molar-refractivity contribution is -0.244. The van der Waals surface area contributed by atoms with E-state index in [1.54, 1.807) is 6.07 Å². The highest BCUT2D eigenvalue weighted by Crippen LogP contribution is 2.64. The lowest BCUT2D eigenvalue weighted by atomic mass is 10.2. The van der Waals surface area contributed by atoms with Crippen LogP contribution < -0.4 is 0 Å². The van der Waals surface area contributed by atoms with Gasteiger partial charge in [0.15, 0.2) is 0 Å². The van der Waals surface area contributed by atoms with Gasteiger partial charge in [-0.15, -0.1) is 0 Å². The summed E-state index contributed by atoms with van der Waals surface area (Å²) in [7, 11) is -5.82. The molecule has 1 aromatic carbocycles. The van der Waals surface area contributed by atoms with Crippen LogP contribution in [0.3, 0.4) is 0 Å². The van der Waals surface area contributed by atoms with Crippen LogP contribution in [0.15, 0.2) is 36.1 Å². The van der Waals surface area contributed by atoms with Crippen molar-refractivity contribution in [3.8, 4) is 0 Å². The molecule has 0 bridgehead atoms. The van der Waals surface area contributed by atoms with Crippen molar-refractivity contribution in [3.63, 3.8) is 0 Å². The first-order chi connectivity index (χ1) is 8.08. The van der Waals surface area contributed by atoms with Crippen LogP contribution in [0.4, 0.5) is 22.0 Å². The zero-order chi connectivity index (χ0) is 14.0. The Balaban J connectivity index is 3.03. The van der Waals surface area contributed by atoms with E-state index in [1.807, 2.05) is 0 Å². The van der Waals surface area contributed by atoms with E-state index in [9.17, 15) is 26.5 Å². The maximum absolute atomic E-state index is 12.7. The Labute approximate surface area is 99.2 Å². The van der Waals surface area contributed by atoms with Crippen LogP contribution >= 0.6 is 7.37 Å². The first kappa shape index (κ1) is 14.9. The Kier molecular flexibility index (Phi) is 3.98. The van der Waals surface area contributed by atoms with Gasteiger partial charge in [-0.1, -0.05) is 30.3 Å². The molecule has 1 atom stereocenters. The summed E-state index contributed by atoms with van der Waals surface area (Å²) in [6.45, 7) is 0. The quantitative estimate of drug-likeness (QED) is 0.671. The van der Waals surface area contributed by atoms with Crippen molar-refractivity contribution >= 4 is 13.4 Å². The molecule has 0 aromatic heterocycles. The van der Waals surface area contributed by atoms with Gasteiger partial charge < -0.3 is 4.89 Å². The van der Waals surface area contributed by atoms with E-state index in [0.29, 0.717) is 0 Å². The van der Waals surface area contributed by atoms with E-state index < -0.39 is 19.2 Å². The lowest BCUT2D eigenvalue weighted by Gasteiger charge is -2.22. The second kappa shape index (κ2) is 4.82. The molecule has 0 saturated heterocycles. The Bertz CT molecular complexity index is 481. The van der Waals surface area contributed by atoms with Crippen molar-refractivity contribution in [3.05, 3.63) is 41.7 Å². The highest BCUT2D eigenvalue weighted by Gasteiger charge is 2.68. The molecule has 0 amide bonds. The molecule has 1 N–H and O–H groups in total. The molecule has 0 spiro atoms. The molecule has 0 saturated carbocycles. The van der Waals surface area contributed by atoms with Crippen molar-refractivity contribution in [1.82, 2.24) is 0 Å². The summed E-state index contributed by atoms with van der Waals surface area (Å²) in [5.41, 5.74) is -5.42. The van der Waals surface area contributed by atoms with E-state index in [1.165, 1.54) is 24.3 Å². The average molecular weight is 286 g/mol. The number of halogens is 5. The standard InChI is InChI=1S/C10H8F5O2P/c11-9(12,13)10(14,15)18(16,17)7-6-8-4-2-1-3-5-8/h1-7H,(H,16,17). The minimum atomic E-state index is -6.07. The summed E-state index contributed by atoms with van der Waals surface area (Å²) in [6.07, 6.45) is -5.32. The zero-order valence-corrected chi connectivity index (χ0v) is 9.63. The van der Waals surface area contributed by atoms with Gasteiger partial charge in [0.25, 0.3) is 7.37 Å². The van der Waals surface area contributed by atoms with Gasteiger partial charge in [-0.05, 0) is 11.6 Å². The fraction of sp³-hybridized carbons (Fsp3) is 0.200. The fourth-order valence-electron chi connectivity index (χ4n) is 1.03. The molecular formula is C10H8F5O2P. The molecular weight excluding hydrogens is 278 g/mol. The Hall–Kier alpha value is -1.20. The number of hydrogen-bond donors (Lipinski definition) is 1. The molecule has 0 fully saturated rings. The molecule has 0 aliphatic carbocycles. The summed E-state index contributed by atoms with van der Waals surface area (Å²) in [5.74, 6) is -0.00414. The molecule has 1 aromatic rings. The van der Waals surface area contributed by atoms with Gasteiger partial charge in [-0.25, -0.2) is 0 Å². The van der Waals surface area contributed by atoms with Crippen molar-refractivity contribution in [1.29, 1.82) is 0 Å². The van der Waals surface area contributed by atoms with E-state index in [0.717, 1.165) is 6.08 Å².